The van der Waals surface area contributed by atoms with Crippen molar-refractivity contribution >= 4 is 0 Å². The first-order chi connectivity index (χ1) is 10.7. The monoisotopic (exact) mass is 298 g/mol. The molecule has 1 aromatic heterocycles. The Balaban J connectivity index is 1.93. The van der Waals surface area contributed by atoms with Crippen LogP contribution in [0.25, 0.3) is 0 Å². The van der Waals surface area contributed by atoms with Gasteiger partial charge in [0.15, 0.2) is 11.5 Å². The van der Waals surface area contributed by atoms with E-state index in [0.29, 0.717) is 6.61 Å². The van der Waals surface area contributed by atoms with Crippen LogP contribution in [0, 0.1) is 6.92 Å². The first kappa shape index (κ1) is 16.0. The number of pyridine rings is 1. The van der Waals surface area contributed by atoms with Gasteiger partial charge in [0.25, 0.3) is 0 Å². The third-order valence-electron chi connectivity index (χ3n) is 3.17. The second kappa shape index (κ2) is 8.20. The number of nitrogens with zero attached hydrogens (tertiary/aromatic N) is 1. The van der Waals surface area contributed by atoms with Gasteiger partial charge in [-0.2, -0.15) is 0 Å². The van der Waals surface area contributed by atoms with Gasteiger partial charge in [-0.3, -0.25) is 4.98 Å². The predicted octanol–water partition coefficient (Wildman–Crippen LogP) is 3.25. The van der Waals surface area contributed by atoms with Gasteiger partial charge in [0.1, 0.15) is 6.61 Å². The van der Waals surface area contributed by atoms with Crippen LogP contribution >= 0.6 is 0 Å². The summed E-state index contributed by atoms with van der Waals surface area (Å²) in [5, 5.41) is 3.38. The number of hydrogen-bond donors (Lipinski definition) is 1. The summed E-state index contributed by atoms with van der Waals surface area (Å²) in [4.78, 5) is 4.47. The van der Waals surface area contributed by atoms with E-state index in [-0.39, 0.29) is 0 Å². The molecule has 0 saturated heterocycles. The van der Waals surface area contributed by atoms with Crippen LogP contribution < -0.4 is 14.8 Å². The van der Waals surface area contributed by atoms with Crippen LogP contribution in [0.5, 0.6) is 11.5 Å². The van der Waals surface area contributed by atoms with Crippen molar-refractivity contribution in [3.8, 4) is 11.5 Å². The average molecular weight is 298 g/mol. The molecule has 2 aromatic rings. The van der Waals surface area contributed by atoms with Gasteiger partial charge in [0.2, 0.25) is 0 Å². The first-order valence-electron chi connectivity index (χ1n) is 7.27. The van der Waals surface area contributed by atoms with Gasteiger partial charge in [-0.15, -0.1) is 0 Å². The van der Waals surface area contributed by atoms with Gasteiger partial charge >= 0.3 is 0 Å². The van der Waals surface area contributed by atoms with Crippen LogP contribution in [-0.2, 0) is 13.1 Å². The van der Waals surface area contributed by atoms with Crippen LogP contribution in [0.4, 0.5) is 0 Å². The molecule has 0 aliphatic carbocycles. The molecule has 0 radical (unpaired) electrons. The highest BCUT2D eigenvalue weighted by Gasteiger charge is 2.05. The molecule has 0 unspecified atom stereocenters. The Morgan fingerprint density at radius 1 is 1.18 bits per heavy atom. The van der Waals surface area contributed by atoms with Crippen LogP contribution in [0.2, 0.25) is 0 Å². The number of hydrogen-bond acceptors (Lipinski definition) is 4. The van der Waals surface area contributed by atoms with Crippen LogP contribution in [0.3, 0.4) is 0 Å². The van der Waals surface area contributed by atoms with E-state index in [9.17, 15) is 0 Å². The molecule has 0 bridgehead atoms. The molecule has 4 nitrogen and oxygen atoms in total. The highest BCUT2D eigenvalue weighted by molar-refractivity contribution is 5.43. The molecule has 2 rings (SSSR count). The molecule has 0 aliphatic rings. The van der Waals surface area contributed by atoms with Gasteiger partial charge in [-0.1, -0.05) is 24.8 Å². The molecule has 1 heterocycles. The average Bonchev–Trinajstić information content (AvgIpc) is 2.53. The molecule has 0 aliphatic heterocycles. The fraction of sp³-hybridized carbons (Fsp3) is 0.278. The Bertz CT molecular complexity index is 626. The minimum atomic E-state index is 0.465. The lowest BCUT2D eigenvalue weighted by molar-refractivity contribution is 0.326. The SMILES string of the molecule is C=CCOc1ccc(CNCc2cccc(C)n2)cc1OC. The number of aryl methyl sites for hydroxylation is 1. The highest BCUT2D eigenvalue weighted by atomic mass is 16.5. The lowest BCUT2D eigenvalue weighted by Crippen LogP contribution is -2.14. The maximum Gasteiger partial charge on any atom is 0.161 e. The molecule has 0 atom stereocenters. The maximum atomic E-state index is 5.55. The smallest absolute Gasteiger partial charge is 0.161 e. The quantitative estimate of drug-likeness (QED) is 0.760. The summed E-state index contributed by atoms with van der Waals surface area (Å²) in [6.07, 6.45) is 1.71. The Labute approximate surface area is 131 Å². The molecule has 4 heteroatoms. The molecule has 0 spiro atoms. The number of methoxy groups -OCH3 is 1. The van der Waals surface area contributed by atoms with Crippen LogP contribution in [-0.4, -0.2) is 18.7 Å². The zero-order valence-electron chi connectivity index (χ0n) is 13.1. The fourth-order valence-corrected chi connectivity index (χ4v) is 2.12. The van der Waals surface area contributed by atoms with Gasteiger partial charge in [-0.25, -0.2) is 0 Å². The van der Waals surface area contributed by atoms with E-state index >= 15 is 0 Å². The van der Waals surface area contributed by atoms with Gasteiger partial charge in [0.05, 0.1) is 12.8 Å². The fourth-order valence-electron chi connectivity index (χ4n) is 2.12. The van der Waals surface area contributed by atoms with Crippen molar-refractivity contribution in [3.05, 3.63) is 66.0 Å². The summed E-state index contributed by atoms with van der Waals surface area (Å²) in [6.45, 7) is 7.58. The topological polar surface area (TPSA) is 43.4 Å². The summed E-state index contributed by atoms with van der Waals surface area (Å²) in [5.74, 6) is 1.46. The van der Waals surface area contributed by atoms with Crippen molar-refractivity contribution < 1.29 is 9.47 Å². The molecule has 0 saturated carbocycles. The minimum absolute atomic E-state index is 0.465. The number of benzene rings is 1. The normalized spacial score (nSPS) is 10.3. The van der Waals surface area contributed by atoms with Crippen molar-refractivity contribution in [1.29, 1.82) is 0 Å². The highest BCUT2D eigenvalue weighted by Crippen LogP contribution is 2.28. The summed E-state index contributed by atoms with van der Waals surface area (Å²) in [6, 6.07) is 12.0. The summed E-state index contributed by atoms with van der Waals surface area (Å²) in [7, 11) is 1.64. The summed E-state index contributed by atoms with van der Waals surface area (Å²) < 4.78 is 10.9. The third kappa shape index (κ3) is 4.60. The van der Waals surface area contributed by atoms with Crippen LogP contribution in [0.15, 0.2) is 49.1 Å². The zero-order chi connectivity index (χ0) is 15.8. The maximum absolute atomic E-state index is 5.55. The lowest BCUT2D eigenvalue weighted by atomic mass is 10.2. The Hall–Kier alpha value is -2.33. The molecule has 116 valence electrons. The van der Waals surface area contributed by atoms with E-state index in [2.05, 4.69) is 16.9 Å². The second-order valence-corrected chi connectivity index (χ2v) is 4.96. The molecule has 1 aromatic carbocycles. The number of nitrogens with one attached hydrogen (secondary N) is 1. The Morgan fingerprint density at radius 2 is 2.05 bits per heavy atom. The van der Waals surface area contributed by atoms with Crippen molar-refractivity contribution in [3.63, 3.8) is 0 Å². The van der Waals surface area contributed by atoms with Gasteiger partial charge in [-0.05, 0) is 36.8 Å². The molecule has 1 N–H and O–H groups in total. The first-order valence-corrected chi connectivity index (χ1v) is 7.27. The van der Waals surface area contributed by atoms with E-state index in [1.54, 1.807) is 13.2 Å². The lowest BCUT2D eigenvalue weighted by Gasteiger charge is -2.11. The molecule has 22 heavy (non-hydrogen) atoms. The van der Waals surface area contributed by atoms with Crippen molar-refractivity contribution in [2.24, 2.45) is 0 Å². The van der Waals surface area contributed by atoms with Gasteiger partial charge < -0.3 is 14.8 Å². The van der Waals surface area contributed by atoms with E-state index in [1.807, 2.05) is 43.3 Å². The molecule has 0 fully saturated rings. The predicted molar refractivity (Wildman–Crippen MR) is 88.2 cm³/mol. The third-order valence-corrected chi connectivity index (χ3v) is 3.17. The standard InChI is InChI=1S/C18H22N2O2/c1-4-10-22-17-9-8-15(11-18(17)21-3)12-19-13-16-7-5-6-14(2)20-16/h4-9,11,19H,1,10,12-13H2,2-3H3. The molecule has 0 amide bonds. The summed E-state index contributed by atoms with van der Waals surface area (Å²) in [5.41, 5.74) is 3.21. The summed E-state index contributed by atoms with van der Waals surface area (Å²) >= 11 is 0. The van der Waals surface area contributed by atoms with E-state index < -0.39 is 0 Å². The number of ether oxygens (including phenoxy) is 2. The number of rotatable bonds is 8. The Kier molecular flexibility index (Phi) is 5.98. The van der Waals surface area contributed by atoms with Gasteiger partial charge in [0, 0.05) is 18.8 Å². The zero-order valence-corrected chi connectivity index (χ0v) is 13.1. The van der Waals surface area contributed by atoms with E-state index in [1.165, 1.54) is 0 Å². The van der Waals surface area contributed by atoms with E-state index in [0.717, 1.165) is 41.5 Å². The second-order valence-electron chi connectivity index (χ2n) is 4.96. The largest absolute Gasteiger partial charge is 0.493 e. The molecular weight excluding hydrogens is 276 g/mol. The minimum Gasteiger partial charge on any atom is -0.493 e. The van der Waals surface area contributed by atoms with Crippen molar-refractivity contribution in [1.82, 2.24) is 10.3 Å². The van der Waals surface area contributed by atoms with E-state index in [4.69, 9.17) is 9.47 Å². The Morgan fingerprint density at radius 3 is 2.77 bits per heavy atom. The van der Waals surface area contributed by atoms with Crippen molar-refractivity contribution in [2.75, 3.05) is 13.7 Å². The number of aromatic nitrogens is 1. The van der Waals surface area contributed by atoms with Crippen LogP contribution in [0.1, 0.15) is 17.0 Å². The molecular formula is C18H22N2O2. The van der Waals surface area contributed by atoms with Crippen molar-refractivity contribution in [2.45, 2.75) is 20.0 Å².